The van der Waals surface area contributed by atoms with Gasteiger partial charge < -0.3 is 5.32 Å². The van der Waals surface area contributed by atoms with Crippen LogP contribution < -0.4 is 5.32 Å². The zero-order valence-electron chi connectivity index (χ0n) is 13.8. The fourth-order valence-corrected chi connectivity index (χ4v) is 3.13. The van der Waals surface area contributed by atoms with E-state index in [0.29, 0.717) is 17.1 Å². The molecule has 25 heavy (non-hydrogen) atoms. The van der Waals surface area contributed by atoms with Crippen molar-refractivity contribution in [1.29, 1.82) is 0 Å². The van der Waals surface area contributed by atoms with Crippen molar-refractivity contribution in [2.45, 2.75) is 12.3 Å². The summed E-state index contributed by atoms with van der Waals surface area (Å²) in [5.41, 5.74) is 2.35. The van der Waals surface area contributed by atoms with Gasteiger partial charge in [-0.15, -0.1) is 10.2 Å². The molecular formula is C18H18N4O2S. The average Bonchev–Trinajstić information content (AvgIpc) is 3.08. The van der Waals surface area contributed by atoms with Gasteiger partial charge in [-0.3, -0.25) is 13.6 Å². The highest BCUT2D eigenvalue weighted by molar-refractivity contribution is 7.83. The molecule has 0 spiro atoms. The highest BCUT2D eigenvalue weighted by atomic mass is 32.2. The molecule has 0 bridgehead atoms. The SMILES string of the molecule is C[S@](=O)Cc1cccc(C(=O)NCc2nncn2-c2ccccc2)c1. The van der Waals surface area contributed by atoms with Gasteiger partial charge >= 0.3 is 0 Å². The molecule has 6 nitrogen and oxygen atoms in total. The van der Waals surface area contributed by atoms with Gasteiger partial charge in [-0.05, 0) is 29.8 Å². The topological polar surface area (TPSA) is 76.9 Å². The first-order valence-corrected chi connectivity index (χ1v) is 9.47. The molecule has 7 heteroatoms. The maximum atomic E-state index is 12.4. The Morgan fingerprint density at radius 2 is 1.96 bits per heavy atom. The standard InChI is InChI=1S/C18H18N4O2S/c1-25(24)12-14-6-5-7-15(10-14)18(23)19-11-17-21-20-13-22(17)16-8-3-2-4-9-16/h2-10,13H,11-12H2,1H3,(H,19,23)/t25-/m0/s1. The molecule has 0 radical (unpaired) electrons. The Kier molecular flexibility index (Phi) is 5.35. The smallest absolute Gasteiger partial charge is 0.251 e. The summed E-state index contributed by atoms with van der Waals surface area (Å²) in [5, 5.41) is 10.9. The highest BCUT2D eigenvalue weighted by Crippen LogP contribution is 2.10. The van der Waals surface area contributed by atoms with E-state index in [4.69, 9.17) is 0 Å². The van der Waals surface area contributed by atoms with Crippen LogP contribution in [0.5, 0.6) is 0 Å². The lowest BCUT2D eigenvalue weighted by atomic mass is 10.1. The molecule has 1 atom stereocenters. The first-order chi connectivity index (χ1) is 12.1. The third-order valence-electron chi connectivity index (χ3n) is 3.62. The molecule has 3 aromatic rings. The van der Waals surface area contributed by atoms with Gasteiger partial charge in [0, 0.05) is 34.1 Å². The number of hydrogen-bond acceptors (Lipinski definition) is 4. The van der Waals surface area contributed by atoms with E-state index < -0.39 is 10.8 Å². The van der Waals surface area contributed by atoms with E-state index in [1.54, 1.807) is 30.8 Å². The number of para-hydroxylation sites is 1. The summed E-state index contributed by atoms with van der Waals surface area (Å²) in [6.45, 7) is 0.262. The van der Waals surface area contributed by atoms with Gasteiger partial charge in [0.2, 0.25) is 0 Å². The van der Waals surface area contributed by atoms with Crippen molar-refractivity contribution in [1.82, 2.24) is 20.1 Å². The molecule has 0 aliphatic rings. The van der Waals surface area contributed by atoms with Crippen LogP contribution in [0.3, 0.4) is 0 Å². The van der Waals surface area contributed by atoms with Crippen LogP contribution in [0.25, 0.3) is 5.69 Å². The number of rotatable bonds is 6. The lowest BCUT2D eigenvalue weighted by Gasteiger charge is -2.08. The Hall–Kier alpha value is -2.80. The van der Waals surface area contributed by atoms with Crippen LogP contribution >= 0.6 is 0 Å². The van der Waals surface area contributed by atoms with E-state index in [2.05, 4.69) is 15.5 Å². The Bertz CT molecular complexity index is 893. The van der Waals surface area contributed by atoms with Crippen LogP contribution in [0.4, 0.5) is 0 Å². The van der Waals surface area contributed by atoms with Crippen LogP contribution in [0.15, 0.2) is 60.9 Å². The zero-order chi connectivity index (χ0) is 17.6. The zero-order valence-corrected chi connectivity index (χ0v) is 14.6. The van der Waals surface area contributed by atoms with Crippen molar-refractivity contribution < 1.29 is 9.00 Å². The van der Waals surface area contributed by atoms with E-state index in [1.165, 1.54) is 0 Å². The molecule has 0 aliphatic carbocycles. The number of nitrogens with zero attached hydrogens (tertiary/aromatic N) is 3. The minimum atomic E-state index is -0.944. The quantitative estimate of drug-likeness (QED) is 0.735. The molecule has 1 N–H and O–H groups in total. The summed E-state index contributed by atoms with van der Waals surface area (Å²) < 4.78 is 13.2. The Labute approximate surface area is 148 Å². The first kappa shape index (κ1) is 17.0. The Morgan fingerprint density at radius 3 is 2.72 bits per heavy atom. The summed E-state index contributed by atoms with van der Waals surface area (Å²) >= 11 is 0. The third kappa shape index (κ3) is 4.39. The lowest BCUT2D eigenvalue weighted by Crippen LogP contribution is -2.24. The van der Waals surface area contributed by atoms with Crippen LogP contribution in [0, 0.1) is 0 Å². The van der Waals surface area contributed by atoms with E-state index in [1.807, 2.05) is 41.0 Å². The molecule has 1 aromatic heterocycles. The van der Waals surface area contributed by atoms with Crippen molar-refractivity contribution in [3.05, 3.63) is 77.9 Å². The molecular weight excluding hydrogens is 336 g/mol. The normalized spacial score (nSPS) is 11.9. The number of nitrogens with one attached hydrogen (secondary N) is 1. The first-order valence-electron chi connectivity index (χ1n) is 7.75. The van der Waals surface area contributed by atoms with Crippen molar-refractivity contribution in [3.8, 4) is 5.69 Å². The van der Waals surface area contributed by atoms with Gasteiger partial charge in [0.15, 0.2) is 5.82 Å². The summed E-state index contributed by atoms with van der Waals surface area (Å²) in [4.78, 5) is 12.4. The molecule has 0 aliphatic heterocycles. The summed E-state index contributed by atoms with van der Waals surface area (Å²) in [5.74, 6) is 0.875. The molecule has 0 saturated carbocycles. The summed E-state index contributed by atoms with van der Waals surface area (Å²) in [6.07, 6.45) is 3.26. The molecule has 0 unspecified atom stereocenters. The van der Waals surface area contributed by atoms with Crippen molar-refractivity contribution in [2.75, 3.05) is 6.26 Å². The van der Waals surface area contributed by atoms with Gasteiger partial charge in [0.25, 0.3) is 5.91 Å². The molecule has 2 aromatic carbocycles. The van der Waals surface area contributed by atoms with Crippen LogP contribution in [0.1, 0.15) is 21.7 Å². The van der Waals surface area contributed by atoms with Crippen LogP contribution in [0.2, 0.25) is 0 Å². The number of carbonyl (C=O) groups excluding carboxylic acids is 1. The molecule has 128 valence electrons. The van der Waals surface area contributed by atoms with E-state index in [9.17, 15) is 9.00 Å². The second-order valence-corrected chi connectivity index (χ2v) is 6.99. The van der Waals surface area contributed by atoms with Crippen LogP contribution in [-0.4, -0.2) is 31.1 Å². The minimum Gasteiger partial charge on any atom is -0.345 e. The average molecular weight is 354 g/mol. The van der Waals surface area contributed by atoms with Gasteiger partial charge in [0.05, 0.1) is 6.54 Å². The molecule has 0 saturated heterocycles. The predicted octanol–water partition coefficient (Wildman–Crippen LogP) is 2.08. The predicted molar refractivity (Wildman–Crippen MR) is 96.7 cm³/mol. The fraction of sp³-hybridized carbons (Fsp3) is 0.167. The monoisotopic (exact) mass is 354 g/mol. The minimum absolute atomic E-state index is 0.202. The molecule has 3 rings (SSSR count). The van der Waals surface area contributed by atoms with E-state index >= 15 is 0 Å². The Morgan fingerprint density at radius 1 is 1.16 bits per heavy atom. The number of benzene rings is 2. The largest absolute Gasteiger partial charge is 0.345 e. The van der Waals surface area contributed by atoms with Crippen molar-refractivity contribution >= 4 is 16.7 Å². The van der Waals surface area contributed by atoms with Crippen molar-refractivity contribution in [3.63, 3.8) is 0 Å². The number of amides is 1. The number of hydrogen-bond donors (Lipinski definition) is 1. The van der Waals surface area contributed by atoms with Crippen LogP contribution in [-0.2, 0) is 23.1 Å². The van der Waals surface area contributed by atoms with E-state index in [-0.39, 0.29) is 12.5 Å². The van der Waals surface area contributed by atoms with Gasteiger partial charge in [-0.25, -0.2) is 0 Å². The molecule has 0 fully saturated rings. The highest BCUT2D eigenvalue weighted by Gasteiger charge is 2.10. The fourth-order valence-electron chi connectivity index (χ4n) is 2.48. The Balaban J connectivity index is 1.70. The second kappa shape index (κ2) is 7.85. The summed E-state index contributed by atoms with van der Waals surface area (Å²) in [6, 6.07) is 16.9. The third-order valence-corrected chi connectivity index (χ3v) is 4.36. The van der Waals surface area contributed by atoms with Gasteiger partial charge in [-0.1, -0.05) is 30.3 Å². The maximum Gasteiger partial charge on any atom is 0.251 e. The van der Waals surface area contributed by atoms with E-state index in [0.717, 1.165) is 11.3 Å². The lowest BCUT2D eigenvalue weighted by molar-refractivity contribution is 0.0949. The molecule has 1 amide bonds. The van der Waals surface area contributed by atoms with Gasteiger partial charge in [0.1, 0.15) is 6.33 Å². The molecule has 1 heterocycles. The van der Waals surface area contributed by atoms with Crippen molar-refractivity contribution in [2.24, 2.45) is 0 Å². The number of aromatic nitrogens is 3. The second-order valence-electron chi connectivity index (χ2n) is 5.55. The van der Waals surface area contributed by atoms with Gasteiger partial charge in [-0.2, -0.15) is 0 Å². The number of carbonyl (C=O) groups is 1. The maximum absolute atomic E-state index is 12.4. The summed E-state index contributed by atoms with van der Waals surface area (Å²) in [7, 11) is -0.944.